The molecule has 0 bridgehead atoms. The fourth-order valence-corrected chi connectivity index (χ4v) is 4.88. The Morgan fingerprint density at radius 1 is 1.29 bits per heavy atom. The van der Waals surface area contributed by atoms with Crippen LogP contribution in [0.3, 0.4) is 0 Å². The van der Waals surface area contributed by atoms with Gasteiger partial charge in [-0.3, -0.25) is 0 Å². The van der Waals surface area contributed by atoms with Crippen LogP contribution in [0.5, 0.6) is 0 Å². The van der Waals surface area contributed by atoms with Crippen molar-refractivity contribution in [1.82, 2.24) is 9.55 Å². The van der Waals surface area contributed by atoms with Crippen LogP contribution in [-0.2, 0) is 21.8 Å². The molecule has 0 radical (unpaired) electrons. The molecule has 1 aliphatic rings. The molecular weight excluding hydrogens is 475 g/mol. The van der Waals surface area contributed by atoms with E-state index in [0.717, 1.165) is 21.9 Å². The molecule has 1 aromatic heterocycles. The lowest BCUT2D eigenvalue weighted by atomic mass is 10.1. The van der Waals surface area contributed by atoms with Gasteiger partial charge in [-0.25, -0.2) is 4.98 Å². The molecule has 3 N–H and O–H groups in total. The first-order valence-corrected chi connectivity index (χ1v) is 11.6. The molecule has 0 unspecified atom stereocenters. The second kappa shape index (κ2) is 9.77. The number of imidazole rings is 1. The largest absolute Gasteiger partial charge is 0.376 e. The summed E-state index contributed by atoms with van der Waals surface area (Å²) in [4.78, 5) is 5.22. The van der Waals surface area contributed by atoms with Crippen LogP contribution < -0.4 is 11.1 Å². The van der Waals surface area contributed by atoms with Crippen molar-refractivity contribution in [3.8, 4) is 0 Å². The fraction of sp³-hybridized carbons (Fsp3) is 0.238. The molecule has 1 aliphatic heterocycles. The predicted molar refractivity (Wildman–Crippen MR) is 129 cm³/mol. The van der Waals surface area contributed by atoms with E-state index in [-0.39, 0.29) is 11.2 Å². The molecule has 162 valence electrons. The molecule has 0 spiro atoms. The zero-order chi connectivity index (χ0) is 21.8. The normalized spacial score (nSPS) is 20.6. The fourth-order valence-electron chi connectivity index (χ4n) is 3.34. The Hall–Kier alpha value is -1.81. The van der Waals surface area contributed by atoms with Crippen molar-refractivity contribution in [2.24, 2.45) is 5.73 Å². The third-order valence-electron chi connectivity index (χ3n) is 4.71. The Balaban J connectivity index is 1.47. The number of aromatic nitrogens is 2. The average Bonchev–Trinajstić information content (AvgIpc) is 3.38. The van der Waals surface area contributed by atoms with E-state index in [1.54, 1.807) is 36.4 Å². The number of rotatable bonds is 7. The van der Waals surface area contributed by atoms with E-state index in [1.807, 2.05) is 41.1 Å². The van der Waals surface area contributed by atoms with E-state index in [0.29, 0.717) is 23.2 Å². The molecule has 0 saturated carbocycles. The molecule has 2 heterocycles. The van der Waals surface area contributed by atoms with E-state index < -0.39 is 5.79 Å². The molecule has 0 aliphatic carbocycles. The molecule has 4 rings (SSSR count). The molecule has 31 heavy (non-hydrogen) atoms. The Bertz CT molecular complexity index is 1050. The van der Waals surface area contributed by atoms with E-state index in [1.165, 1.54) is 0 Å². The summed E-state index contributed by atoms with van der Waals surface area (Å²) in [6, 6.07) is 13.2. The average molecular weight is 495 g/mol. The Kier molecular flexibility index (Phi) is 7.05. The van der Waals surface area contributed by atoms with Gasteiger partial charge in [-0.2, -0.15) is 0 Å². The second-order valence-corrected chi connectivity index (χ2v) is 9.36. The minimum atomic E-state index is -1.02. The standard InChI is InChI=1S/C21H20Cl2N4O2S2/c22-14-1-6-18(19(23)9-14)21(12-27-8-7-25-13-27)28-10-16(29-21)11-31-17-4-2-15(3-5-17)26-20(24)30/h1-9,13,16H,10-12H2,(H3,24,26,30)/t16-,21+/m0/s1. The maximum atomic E-state index is 6.51. The molecule has 6 nitrogen and oxygen atoms in total. The van der Waals surface area contributed by atoms with Crippen LogP contribution in [0.4, 0.5) is 5.69 Å². The van der Waals surface area contributed by atoms with Gasteiger partial charge in [0.15, 0.2) is 5.11 Å². The number of hydrogen-bond acceptors (Lipinski definition) is 5. The van der Waals surface area contributed by atoms with Crippen LogP contribution in [0.1, 0.15) is 5.56 Å². The van der Waals surface area contributed by atoms with Crippen LogP contribution in [0.2, 0.25) is 10.0 Å². The highest BCUT2D eigenvalue weighted by atomic mass is 35.5. The van der Waals surface area contributed by atoms with Gasteiger partial charge in [0.25, 0.3) is 0 Å². The second-order valence-electron chi connectivity index (χ2n) is 6.99. The van der Waals surface area contributed by atoms with Gasteiger partial charge in [-0.05, 0) is 48.6 Å². The lowest BCUT2D eigenvalue weighted by Gasteiger charge is -2.30. The number of nitrogens with two attached hydrogens (primary N) is 1. The highest BCUT2D eigenvalue weighted by molar-refractivity contribution is 7.99. The van der Waals surface area contributed by atoms with Crippen molar-refractivity contribution in [2.45, 2.75) is 23.3 Å². The summed E-state index contributed by atoms with van der Waals surface area (Å²) in [7, 11) is 0. The van der Waals surface area contributed by atoms with Gasteiger partial charge < -0.3 is 25.1 Å². The van der Waals surface area contributed by atoms with Crippen LogP contribution in [0, 0.1) is 0 Å². The number of benzene rings is 2. The van der Waals surface area contributed by atoms with Gasteiger partial charge in [0.1, 0.15) is 0 Å². The monoisotopic (exact) mass is 494 g/mol. The number of ether oxygens (including phenoxy) is 2. The quantitative estimate of drug-likeness (QED) is 0.357. The van der Waals surface area contributed by atoms with Crippen molar-refractivity contribution in [3.63, 3.8) is 0 Å². The third kappa shape index (κ3) is 5.52. The van der Waals surface area contributed by atoms with Gasteiger partial charge in [0, 0.05) is 39.3 Å². The van der Waals surface area contributed by atoms with Crippen LogP contribution >= 0.6 is 47.2 Å². The van der Waals surface area contributed by atoms with Crippen molar-refractivity contribution >= 4 is 58.0 Å². The first-order chi connectivity index (χ1) is 14.9. The summed E-state index contributed by atoms with van der Waals surface area (Å²) in [6.45, 7) is 0.872. The molecular formula is C21H20Cl2N4O2S2. The minimum absolute atomic E-state index is 0.116. The first kappa shape index (κ1) is 22.4. The van der Waals surface area contributed by atoms with E-state index >= 15 is 0 Å². The molecule has 3 aromatic rings. The van der Waals surface area contributed by atoms with Crippen molar-refractivity contribution < 1.29 is 9.47 Å². The molecule has 10 heteroatoms. The van der Waals surface area contributed by atoms with Crippen molar-refractivity contribution in [1.29, 1.82) is 0 Å². The number of nitrogens with zero attached hydrogens (tertiary/aromatic N) is 2. The number of anilines is 1. The van der Waals surface area contributed by atoms with Gasteiger partial charge in [0.05, 0.1) is 30.6 Å². The zero-order valence-corrected chi connectivity index (χ0v) is 19.5. The molecule has 2 atom stereocenters. The van der Waals surface area contributed by atoms with Crippen LogP contribution in [0.15, 0.2) is 66.1 Å². The van der Waals surface area contributed by atoms with Crippen molar-refractivity contribution in [3.05, 3.63) is 76.8 Å². The van der Waals surface area contributed by atoms with E-state index in [4.69, 9.17) is 50.6 Å². The van der Waals surface area contributed by atoms with Gasteiger partial charge >= 0.3 is 0 Å². The predicted octanol–water partition coefficient (Wildman–Crippen LogP) is 4.91. The lowest BCUT2D eigenvalue weighted by molar-refractivity contribution is -0.184. The van der Waals surface area contributed by atoms with Gasteiger partial charge in [-0.15, -0.1) is 11.8 Å². The number of nitrogens with one attached hydrogen (secondary N) is 1. The smallest absolute Gasteiger partial charge is 0.215 e. The summed E-state index contributed by atoms with van der Waals surface area (Å²) in [6.07, 6.45) is 5.19. The minimum Gasteiger partial charge on any atom is -0.376 e. The molecule has 0 amide bonds. The Morgan fingerprint density at radius 3 is 2.77 bits per heavy atom. The highest BCUT2D eigenvalue weighted by Gasteiger charge is 2.45. The van der Waals surface area contributed by atoms with Crippen LogP contribution in [-0.4, -0.2) is 33.1 Å². The highest BCUT2D eigenvalue weighted by Crippen LogP contribution is 2.41. The number of thiocarbonyl (C=S) groups is 1. The zero-order valence-electron chi connectivity index (χ0n) is 16.3. The first-order valence-electron chi connectivity index (χ1n) is 9.46. The number of halogens is 2. The van der Waals surface area contributed by atoms with Crippen LogP contribution in [0.25, 0.3) is 0 Å². The lowest BCUT2D eigenvalue weighted by Crippen LogP contribution is -2.34. The Labute approximate surface area is 200 Å². The summed E-state index contributed by atoms with van der Waals surface area (Å²) in [5.74, 6) is -0.294. The van der Waals surface area contributed by atoms with Gasteiger partial charge in [-0.1, -0.05) is 29.3 Å². The molecule has 1 saturated heterocycles. The maximum Gasteiger partial charge on any atom is 0.215 e. The SMILES string of the molecule is NC(=S)Nc1ccc(SC[C@@H]2CO[C@@](Cn3ccnc3)(c3ccc(Cl)cc3Cl)O2)cc1. The summed E-state index contributed by atoms with van der Waals surface area (Å²) in [5, 5.41) is 4.22. The molecule has 1 fully saturated rings. The van der Waals surface area contributed by atoms with E-state index in [2.05, 4.69) is 10.3 Å². The Morgan fingerprint density at radius 2 is 2.10 bits per heavy atom. The summed E-state index contributed by atoms with van der Waals surface area (Å²) >= 11 is 19.2. The van der Waals surface area contributed by atoms with E-state index in [9.17, 15) is 0 Å². The number of hydrogen-bond donors (Lipinski definition) is 2. The van der Waals surface area contributed by atoms with Crippen molar-refractivity contribution in [2.75, 3.05) is 17.7 Å². The number of thioether (sulfide) groups is 1. The summed E-state index contributed by atoms with van der Waals surface area (Å²) in [5.41, 5.74) is 7.11. The molecule has 2 aromatic carbocycles. The topological polar surface area (TPSA) is 74.3 Å². The summed E-state index contributed by atoms with van der Waals surface area (Å²) < 4.78 is 14.6. The maximum absolute atomic E-state index is 6.51. The third-order valence-corrected chi connectivity index (χ3v) is 6.50. The van der Waals surface area contributed by atoms with Gasteiger partial charge in [0.2, 0.25) is 5.79 Å².